The number of hydrogen-bond donors (Lipinski definition) is 2. The van der Waals surface area contributed by atoms with E-state index in [1.165, 1.54) is 0 Å². The Labute approximate surface area is 73.6 Å². The van der Waals surface area contributed by atoms with Gasteiger partial charge in [-0.1, -0.05) is 0 Å². The van der Waals surface area contributed by atoms with Crippen LogP contribution >= 0.6 is 0 Å². The minimum atomic E-state index is -1.29. The minimum Gasteiger partial charge on any atom is -0.477 e. The fourth-order valence-corrected chi connectivity index (χ4v) is 0.957. The summed E-state index contributed by atoms with van der Waals surface area (Å²) in [5.74, 6) is -1.27. The lowest BCUT2D eigenvalue weighted by atomic mass is 10.3. The van der Waals surface area contributed by atoms with Gasteiger partial charge in [0, 0.05) is 6.54 Å². The van der Waals surface area contributed by atoms with Crippen molar-refractivity contribution in [2.24, 2.45) is 0 Å². The third-order valence-electron chi connectivity index (χ3n) is 1.62. The molecule has 0 radical (unpaired) electrons. The highest BCUT2D eigenvalue weighted by atomic mass is 16.4. The van der Waals surface area contributed by atoms with Crippen molar-refractivity contribution in [1.82, 2.24) is 9.55 Å². The number of aromatic nitrogens is 2. The van der Waals surface area contributed by atoms with Crippen LogP contribution in [0.2, 0.25) is 0 Å². The number of hydrogen-bond acceptors (Lipinski definition) is 4. The average molecular weight is 183 g/mol. The molecule has 0 bridgehead atoms. The standard InChI is InChI=1S/C7H9N3O3/c1-2-10-5(11)4(6(12)13)3-9-7(10)8/h3H,2H2,1H3,(H2,8,9)(H,12,13). The number of carbonyl (C=O) groups is 1. The Bertz CT molecular complexity index is 396. The van der Waals surface area contributed by atoms with Crippen molar-refractivity contribution >= 4 is 11.9 Å². The molecule has 6 heteroatoms. The second-order valence-corrected chi connectivity index (χ2v) is 2.38. The molecule has 3 N–H and O–H groups in total. The third-order valence-corrected chi connectivity index (χ3v) is 1.62. The Balaban J connectivity index is 3.45. The summed E-state index contributed by atoms with van der Waals surface area (Å²) in [5, 5.41) is 8.58. The summed E-state index contributed by atoms with van der Waals surface area (Å²) >= 11 is 0. The van der Waals surface area contributed by atoms with E-state index in [9.17, 15) is 9.59 Å². The molecule has 0 amide bonds. The molecule has 1 heterocycles. The smallest absolute Gasteiger partial charge is 0.342 e. The minimum absolute atomic E-state index is 0.0255. The third kappa shape index (κ3) is 1.51. The van der Waals surface area contributed by atoms with Gasteiger partial charge in [-0.25, -0.2) is 9.78 Å². The van der Waals surface area contributed by atoms with E-state index in [4.69, 9.17) is 10.8 Å². The zero-order valence-electron chi connectivity index (χ0n) is 7.02. The van der Waals surface area contributed by atoms with E-state index in [-0.39, 0.29) is 11.5 Å². The molecule has 0 aliphatic rings. The first-order chi connectivity index (χ1) is 6.07. The van der Waals surface area contributed by atoms with Crippen molar-refractivity contribution in [2.75, 3.05) is 5.73 Å². The van der Waals surface area contributed by atoms with Crippen LogP contribution in [-0.2, 0) is 6.54 Å². The molecule has 6 nitrogen and oxygen atoms in total. The Kier molecular flexibility index (Phi) is 2.32. The summed E-state index contributed by atoms with van der Waals surface area (Å²) in [7, 11) is 0. The summed E-state index contributed by atoms with van der Waals surface area (Å²) in [6.45, 7) is 1.99. The molecule has 1 aromatic rings. The number of nitrogen functional groups attached to an aromatic ring is 1. The normalized spacial score (nSPS) is 9.92. The van der Waals surface area contributed by atoms with E-state index in [2.05, 4.69) is 4.98 Å². The van der Waals surface area contributed by atoms with Crippen molar-refractivity contribution in [3.63, 3.8) is 0 Å². The number of nitrogens with two attached hydrogens (primary N) is 1. The lowest BCUT2D eigenvalue weighted by molar-refractivity contribution is 0.0694. The van der Waals surface area contributed by atoms with Crippen molar-refractivity contribution in [2.45, 2.75) is 13.5 Å². The van der Waals surface area contributed by atoms with Gasteiger partial charge < -0.3 is 10.8 Å². The first kappa shape index (κ1) is 9.24. The highest BCUT2D eigenvalue weighted by Gasteiger charge is 2.12. The zero-order chi connectivity index (χ0) is 10.0. The number of aromatic carboxylic acids is 1. The Morgan fingerprint density at radius 2 is 2.38 bits per heavy atom. The van der Waals surface area contributed by atoms with Crippen LogP contribution in [0.25, 0.3) is 0 Å². The van der Waals surface area contributed by atoms with Crippen LogP contribution in [0, 0.1) is 0 Å². The Morgan fingerprint density at radius 1 is 1.77 bits per heavy atom. The predicted molar refractivity (Wildman–Crippen MR) is 45.5 cm³/mol. The summed E-state index contributed by atoms with van der Waals surface area (Å²) in [5.41, 5.74) is 4.37. The zero-order valence-corrected chi connectivity index (χ0v) is 7.02. The fourth-order valence-electron chi connectivity index (χ4n) is 0.957. The molecule has 0 aliphatic heterocycles. The number of rotatable bonds is 2. The van der Waals surface area contributed by atoms with E-state index in [0.717, 1.165) is 10.8 Å². The summed E-state index contributed by atoms with van der Waals surface area (Å²) in [4.78, 5) is 25.4. The lowest BCUT2D eigenvalue weighted by Gasteiger charge is -2.05. The topological polar surface area (TPSA) is 98.2 Å². The molecule has 0 saturated carbocycles. The van der Waals surface area contributed by atoms with Crippen LogP contribution in [0.15, 0.2) is 11.0 Å². The summed E-state index contributed by atoms with van der Waals surface area (Å²) < 4.78 is 1.10. The van der Waals surface area contributed by atoms with Crippen LogP contribution in [0.1, 0.15) is 17.3 Å². The molecule has 70 valence electrons. The molecule has 1 aromatic heterocycles. The van der Waals surface area contributed by atoms with E-state index in [0.29, 0.717) is 6.54 Å². The van der Waals surface area contributed by atoms with Gasteiger partial charge in [-0.15, -0.1) is 0 Å². The fraction of sp³-hybridized carbons (Fsp3) is 0.286. The van der Waals surface area contributed by atoms with E-state index < -0.39 is 11.5 Å². The number of carboxylic acids is 1. The molecule has 0 saturated heterocycles. The number of anilines is 1. The van der Waals surface area contributed by atoms with Gasteiger partial charge in [0.1, 0.15) is 5.56 Å². The van der Waals surface area contributed by atoms with Crippen LogP contribution in [-0.4, -0.2) is 20.6 Å². The summed E-state index contributed by atoms with van der Waals surface area (Å²) in [6, 6.07) is 0. The first-order valence-corrected chi connectivity index (χ1v) is 3.66. The van der Waals surface area contributed by atoms with E-state index in [1.54, 1.807) is 6.92 Å². The van der Waals surface area contributed by atoms with E-state index >= 15 is 0 Å². The van der Waals surface area contributed by atoms with Crippen LogP contribution in [0.3, 0.4) is 0 Å². The van der Waals surface area contributed by atoms with Crippen molar-refractivity contribution < 1.29 is 9.90 Å². The molecule has 0 aliphatic carbocycles. The van der Waals surface area contributed by atoms with Crippen molar-refractivity contribution in [1.29, 1.82) is 0 Å². The molecule has 1 rings (SSSR count). The van der Waals surface area contributed by atoms with Gasteiger partial charge >= 0.3 is 5.97 Å². The quantitative estimate of drug-likeness (QED) is 0.646. The molecule has 0 fully saturated rings. The first-order valence-electron chi connectivity index (χ1n) is 3.66. The highest BCUT2D eigenvalue weighted by molar-refractivity contribution is 5.86. The van der Waals surface area contributed by atoms with Gasteiger partial charge in [0.05, 0.1) is 6.20 Å². The maximum Gasteiger partial charge on any atom is 0.342 e. The highest BCUT2D eigenvalue weighted by Crippen LogP contribution is 1.95. The molecular weight excluding hydrogens is 174 g/mol. The SMILES string of the molecule is CCn1c(N)ncc(C(=O)O)c1=O. The average Bonchev–Trinajstić information content (AvgIpc) is 2.04. The maximum atomic E-state index is 11.3. The second-order valence-electron chi connectivity index (χ2n) is 2.38. The molecule has 0 atom stereocenters. The molecule has 0 spiro atoms. The van der Waals surface area contributed by atoms with Gasteiger partial charge in [-0.05, 0) is 6.92 Å². The number of nitrogens with zero attached hydrogens (tertiary/aromatic N) is 2. The summed E-state index contributed by atoms with van der Waals surface area (Å²) in [6.07, 6.45) is 0.964. The van der Waals surface area contributed by atoms with Gasteiger partial charge in [0.15, 0.2) is 0 Å². The largest absolute Gasteiger partial charge is 0.477 e. The van der Waals surface area contributed by atoms with Crippen LogP contribution in [0.5, 0.6) is 0 Å². The maximum absolute atomic E-state index is 11.3. The molecule has 0 unspecified atom stereocenters. The van der Waals surface area contributed by atoms with Crippen molar-refractivity contribution in [3.8, 4) is 0 Å². The molecular formula is C7H9N3O3. The predicted octanol–water partition coefficient (Wildman–Crippen LogP) is -0.456. The van der Waals surface area contributed by atoms with Crippen molar-refractivity contribution in [3.05, 3.63) is 22.1 Å². The van der Waals surface area contributed by atoms with Crippen LogP contribution < -0.4 is 11.3 Å². The molecule has 0 aromatic carbocycles. The second kappa shape index (κ2) is 3.26. The molecule has 13 heavy (non-hydrogen) atoms. The van der Waals surface area contributed by atoms with Gasteiger partial charge in [0.2, 0.25) is 5.95 Å². The Hall–Kier alpha value is -1.85. The van der Waals surface area contributed by atoms with E-state index in [1.807, 2.05) is 0 Å². The number of carboxylic acid groups (broad SMARTS) is 1. The van der Waals surface area contributed by atoms with Gasteiger partial charge in [0.25, 0.3) is 5.56 Å². The van der Waals surface area contributed by atoms with Gasteiger partial charge in [-0.2, -0.15) is 0 Å². The Morgan fingerprint density at radius 3 is 2.85 bits per heavy atom. The monoisotopic (exact) mass is 183 g/mol. The lowest BCUT2D eigenvalue weighted by Crippen LogP contribution is -2.28. The van der Waals surface area contributed by atoms with Crippen LogP contribution in [0.4, 0.5) is 5.95 Å². The van der Waals surface area contributed by atoms with Gasteiger partial charge in [-0.3, -0.25) is 9.36 Å².